The van der Waals surface area contributed by atoms with Crippen LogP contribution in [0.25, 0.3) is 0 Å². The maximum Gasteiger partial charge on any atom is 0.178 e. The molecule has 0 unspecified atom stereocenters. The van der Waals surface area contributed by atoms with Gasteiger partial charge in [-0.2, -0.15) is 5.10 Å². The maximum atomic E-state index is 11.6. The van der Waals surface area contributed by atoms with Crippen LogP contribution in [0.15, 0.2) is 53.8 Å². The Morgan fingerprint density at radius 1 is 1.45 bits per heavy atom. The van der Waals surface area contributed by atoms with Crippen molar-refractivity contribution in [3.8, 4) is 0 Å². The average molecular weight is 395 g/mol. The highest BCUT2D eigenvalue weighted by molar-refractivity contribution is 6.43. The van der Waals surface area contributed by atoms with E-state index in [-0.39, 0.29) is 17.2 Å². The first-order valence-corrected chi connectivity index (χ1v) is 9.81. The smallest absolute Gasteiger partial charge is 0.178 e. The molecule has 0 saturated heterocycles. The molecule has 1 fully saturated rings. The van der Waals surface area contributed by atoms with Crippen molar-refractivity contribution in [2.45, 2.75) is 64.8 Å². The predicted octanol–water partition coefficient (Wildman–Crippen LogP) is 4.71. The van der Waals surface area contributed by atoms with Gasteiger partial charge >= 0.3 is 0 Å². The lowest BCUT2D eigenvalue weighted by Crippen LogP contribution is -2.25. The van der Waals surface area contributed by atoms with Crippen LogP contribution >= 0.6 is 0 Å². The highest BCUT2D eigenvalue weighted by Gasteiger charge is 2.27. The number of ketones is 1. The first kappa shape index (κ1) is 22.3. The highest BCUT2D eigenvalue weighted by atomic mass is 16.1. The molecule has 0 bridgehead atoms. The molecule has 6 heteroatoms. The van der Waals surface area contributed by atoms with Gasteiger partial charge < -0.3 is 5.32 Å². The quantitative estimate of drug-likeness (QED) is 0.394. The number of rotatable bonds is 8. The number of aromatic nitrogens is 2. The molecule has 0 aliphatic heterocycles. The van der Waals surface area contributed by atoms with Crippen LogP contribution in [0.1, 0.15) is 65.0 Å². The van der Waals surface area contributed by atoms with E-state index in [1.807, 2.05) is 10.7 Å². The molecule has 0 radical (unpaired) electrons. The lowest BCUT2D eigenvalue weighted by molar-refractivity contribution is -0.111. The van der Waals surface area contributed by atoms with Gasteiger partial charge in [0.1, 0.15) is 17.5 Å². The van der Waals surface area contributed by atoms with Gasteiger partial charge in [-0.1, -0.05) is 12.7 Å². The summed E-state index contributed by atoms with van der Waals surface area (Å²) in [5.74, 6) is 2.97. The molecule has 1 heterocycles. The van der Waals surface area contributed by atoms with Gasteiger partial charge in [0.25, 0.3) is 0 Å². The third-order valence-corrected chi connectivity index (χ3v) is 4.78. The molecule has 2 rings (SSSR count). The maximum absolute atomic E-state index is 11.6. The molecule has 1 N–H and O–H groups in total. The lowest BCUT2D eigenvalue weighted by atomic mass is 10.0. The van der Waals surface area contributed by atoms with E-state index in [4.69, 9.17) is 5.10 Å². The molecule has 1 aliphatic rings. The Bertz CT molecular complexity index is 906. The number of Topliss-reactive ketones (excluding diaryl/α,β-unsaturated/α-hetero) is 1. The Morgan fingerprint density at radius 2 is 2.17 bits per heavy atom. The fraction of sp³-hybridized carbons (Fsp3) is 0.435. The molecule has 1 atom stereocenters. The fourth-order valence-corrected chi connectivity index (χ4v) is 3.29. The van der Waals surface area contributed by atoms with Crippen LogP contribution in [0.4, 0.5) is 5.82 Å². The van der Waals surface area contributed by atoms with Crippen LogP contribution in [0.2, 0.25) is 0 Å². The number of allylic oxidation sites excluding steroid dienone is 3. The summed E-state index contributed by atoms with van der Waals surface area (Å²) in [5.41, 5.74) is 2.65. The van der Waals surface area contributed by atoms with Gasteiger partial charge in [-0.05, 0) is 46.1 Å². The molecule has 0 spiro atoms. The number of carbonyl (C=O) groups excluding carboxylic acids is 2. The summed E-state index contributed by atoms with van der Waals surface area (Å²) < 4.78 is 1.95. The van der Waals surface area contributed by atoms with Crippen LogP contribution in [0.3, 0.4) is 0 Å². The molecular weight excluding hydrogens is 364 g/mol. The zero-order valence-electron chi connectivity index (χ0n) is 17.8. The summed E-state index contributed by atoms with van der Waals surface area (Å²) in [6.45, 7) is 15.1. The van der Waals surface area contributed by atoms with Crippen molar-refractivity contribution >= 4 is 23.3 Å². The summed E-state index contributed by atoms with van der Waals surface area (Å²) in [5, 5.41) is 8.23. The lowest BCUT2D eigenvalue weighted by Gasteiger charge is -2.23. The third kappa shape index (κ3) is 5.75. The van der Waals surface area contributed by atoms with Crippen LogP contribution in [-0.2, 0) is 15.1 Å². The summed E-state index contributed by atoms with van der Waals surface area (Å²) in [4.78, 5) is 26.8. The van der Waals surface area contributed by atoms with E-state index in [2.05, 4.69) is 50.2 Å². The van der Waals surface area contributed by atoms with Crippen molar-refractivity contribution < 1.29 is 9.59 Å². The second-order valence-electron chi connectivity index (χ2n) is 8.23. The molecule has 1 aromatic rings. The molecule has 1 aromatic heterocycles. The molecule has 1 aliphatic carbocycles. The topological polar surface area (TPSA) is 76.3 Å². The fourth-order valence-electron chi connectivity index (χ4n) is 3.29. The van der Waals surface area contributed by atoms with E-state index in [1.54, 1.807) is 12.3 Å². The SMILES string of the molecule is C=CC/C(=C\N=C(/C=C)C(C)=O)Nc1cc([C@H]2CCC(=C=O)C2)nn1C(C)(C)C. The van der Waals surface area contributed by atoms with Gasteiger partial charge in [-0.15, -0.1) is 6.58 Å². The normalized spacial score (nSPS) is 17.8. The summed E-state index contributed by atoms with van der Waals surface area (Å²) >= 11 is 0. The Morgan fingerprint density at radius 3 is 2.69 bits per heavy atom. The van der Waals surface area contributed by atoms with Gasteiger partial charge in [0.05, 0.1) is 11.2 Å². The van der Waals surface area contributed by atoms with E-state index in [0.717, 1.165) is 35.6 Å². The number of carbonyl (C=O) groups is 1. The first-order valence-electron chi connectivity index (χ1n) is 9.81. The Labute approximate surface area is 172 Å². The van der Waals surface area contributed by atoms with Crippen molar-refractivity contribution in [1.29, 1.82) is 0 Å². The average Bonchev–Trinajstić information content (AvgIpc) is 3.28. The molecular formula is C23H30N4O2. The zero-order chi connectivity index (χ0) is 21.6. The zero-order valence-corrected chi connectivity index (χ0v) is 17.8. The molecule has 0 amide bonds. The van der Waals surface area contributed by atoms with Gasteiger partial charge in [0.15, 0.2) is 5.78 Å². The van der Waals surface area contributed by atoms with Crippen LogP contribution in [0.5, 0.6) is 0 Å². The molecule has 6 nitrogen and oxygen atoms in total. The summed E-state index contributed by atoms with van der Waals surface area (Å²) in [6, 6.07) is 2.03. The number of nitrogens with one attached hydrogen (secondary N) is 1. The molecule has 154 valence electrons. The van der Waals surface area contributed by atoms with Crippen molar-refractivity contribution in [1.82, 2.24) is 9.78 Å². The number of nitrogens with zero attached hydrogens (tertiary/aromatic N) is 3. The van der Waals surface area contributed by atoms with Gasteiger partial charge in [0.2, 0.25) is 0 Å². The van der Waals surface area contributed by atoms with Crippen LogP contribution in [0, 0.1) is 0 Å². The van der Waals surface area contributed by atoms with E-state index >= 15 is 0 Å². The van der Waals surface area contributed by atoms with Crippen molar-refractivity contribution in [3.05, 3.63) is 54.5 Å². The second kappa shape index (κ2) is 9.48. The van der Waals surface area contributed by atoms with E-state index in [1.165, 1.54) is 13.0 Å². The van der Waals surface area contributed by atoms with Crippen LogP contribution in [-0.4, -0.2) is 27.2 Å². The summed E-state index contributed by atoms with van der Waals surface area (Å²) in [6.07, 6.45) is 7.80. The van der Waals surface area contributed by atoms with E-state index in [9.17, 15) is 9.59 Å². The number of anilines is 1. The Hall–Kier alpha value is -2.98. The molecule has 0 aromatic carbocycles. The minimum Gasteiger partial charge on any atom is -0.342 e. The minimum atomic E-state index is -0.239. The van der Waals surface area contributed by atoms with Gasteiger partial charge in [-0.25, -0.2) is 9.48 Å². The van der Waals surface area contributed by atoms with Gasteiger partial charge in [0, 0.05) is 42.8 Å². The predicted molar refractivity (Wildman–Crippen MR) is 118 cm³/mol. The summed E-state index contributed by atoms with van der Waals surface area (Å²) in [7, 11) is 0. The van der Waals surface area contributed by atoms with Crippen molar-refractivity contribution in [3.63, 3.8) is 0 Å². The standard InChI is InChI=1S/C23H30N4O2/c1-7-9-19(14-24-20(8-2)16(3)29)25-22-13-21(26-27(22)23(4,5)6)18-11-10-17(12-18)15-28/h7-8,13-14,18,25H,1-2,9-12H2,3-6H3/b19-14+,24-20+/t18-/m0/s1. The minimum absolute atomic E-state index is 0.142. The molecule has 1 saturated carbocycles. The monoisotopic (exact) mass is 394 g/mol. The highest BCUT2D eigenvalue weighted by Crippen LogP contribution is 2.38. The number of aliphatic imine (C=N–C) groups is 1. The molecule has 29 heavy (non-hydrogen) atoms. The second-order valence-corrected chi connectivity index (χ2v) is 8.23. The Balaban J connectivity index is 2.40. The van der Waals surface area contributed by atoms with E-state index in [0.29, 0.717) is 18.6 Å². The number of hydrogen-bond donors (Lipinski definition) is 1. The third-order valence-electron chi connectivity index (χ3n) is 4.78. The van der Waals surface area contributed by atoms with E-state index < -0.39 is 0 Å². The first-order chi connectivity index (χ1) is 13.7. The van der Waals surface area contributed by atoms with Gasteiger partial charge in [-0.3, -0.25) is 9.79 Å². The van der Waals surface area contributed by atoms with Crippen molar-refractivity contribution in [2.75, 3.05) is 5.32 Å². The van der Waals surface area contributed by atoms with Crippen LogP contribution < -0.4 is 5.32 Å². The number of hydrogen-bond acceptors (Lipinski definition) is 5. The van der Waals surface area contributed by atoms with Crippen molar-refractivity contribution in [2.24, 2.45) is 4.99 Å². The largest absolute Gasteiger partial charge is 0.342 e. The Kier molecular flexibility index (Phi) is 7.29.